The first kappa shape index (κ1) is 16.6. The number of aryl methyl sites for hydroxylation is 1. The Morgan fingerprint density at radius 3 is 2.70 bits per heavy atom. The first-order valence-corrected chi connectivity index (χ1v) is 7.23. The first-order chi connectivity index (χ1) is 9.52. The second-order valence-electron chi connectivity index (χ2n) is 4.20. The van der Waals surface area contributed by atoms with Crippen LogP contribution in [0.5, 0.6) is 0 Å². The Kier molecular flexibility index (Phi) is 6.60. The van der Waals surface area contributed by atoms with Gasteiger partial charge in [0.25, 0.3) is 11.6 Å². The monoisotopic (exact) mass is 344 g/mol. The molecule has 0 radical (unpaired) electrons. The number of nitrogens with zero attached hydrogens (tertiary/aromatic N) is 2. The lowest BCUT2D eigenvalue weighted by Crippen LogP contribution is -2.36. The molecule has 0 bridgehead atoms. The molecule has 0 unspecified atom stereocenters. The Morgan fingerprint density at radius 2 is 2.15 bits per heavy atom. The van der Waals surface area contributed by atoms with E-state index >= 15 is 0 Å². The Bertz CT molecular complexity index is 493. The number of alkyl halides is 1. The third kappa shape index (κ3) is 4.01. The maximum absolute atomic E-state index is 12.5. The van der Waals surface area contributed by atoms with Crippen molar-refractivity contribution >= 4 is 27.5 Å². The molecule has 0 saturated carbocycles. The van der Waals surface area contributed by atoms with E-state index in [0.29, 0.717) is 30.6 Å². The van der Waals surface area contributed by atoms with Crippen LogP contribution in [-0.2, 0) is 4.74 Å². The molecule has 1 aromatic carbocycles. The number of ether oxygens (including phenoxy) is 1. The van der Waals surface area contributed by atoms with Crippen LogP contribution in [0.3, 0.4) is 0 Å². The summed E-state index contributed by atoms with van der Waals surface area (Å²) < 4.78 is 4.97. The van der Waals surface area contributed by atoms with Gasteiger partial charge in [-0.1, -0.05) is 28.1 Å². The van der Waals surface area contributed by atoms with Crippen LogP contribution in [0.1, 0.15) is 15.9 Å². The lowest BCUT2D eigenvalue weighted by Gasteiger charge is -2.22. The zero-order chi connectivity index (χ0) is 15.1. The van der Waals surface area contributed by atoms with E-state index in [-0.39, 0.29) is 17.2 Å². The first-order valence-electron chi connectivity index (χ1n) is 6.11. The molecule has 1 aromatic rings. The summed E-state index contributed by atoms with van der Waals surface area (Å²) in [5.74, 6) is -0.341. The van der Waals surface area contributed by atoms with E-state index in [2.05, 4.69) is 15.9 Å². The lowest BCUT2D eigenvalue weighted by molar-refractivity contribution is -0.385. The number of hydrogen-bond acceptors (Lipinski definition) is 4. The number of hydrogen-bond donors (Lipinski definition) is 0. The second kappa shape index (κ2) is 7.96. The number of carbonyl (C=O) groups excluding carboxylic acids is 1. The van der Waals surface area contributed by atoms with Gasteiger partial charge in [-0.3, -0.25) is 14.9 Å². The number of carbonyl (C=O) groups is 1. The van der Waals surface area contributed by atoms with Crippen LogP contribution >= 0.6 is 15.9 Å². The molecule has 0 heterocycles. The van der Waals surface area contributed by atoms with E-state index in [4.69, 9.17) is 4.74 Å². The molecule has 1 rings (SSSR count). The van der Waals surface area contributed by atoms with E-state index < -0.39 is 4.92 Å². The molecule has 0 aliphatic heterocycles. The van der Waals surface area contributed by atoms with E-state index in [0.717, 1.165) is 0 Å². The van der Waals surface area contributed by atoms with Crippen LogP contribution in [0.25, 0.3) is 0 Å². The standard InChI is InChI=1S/C13H17BrN2O4/c1-10-4-3-5-11(16(18)19)12(10)13(17)15(7-6-14)8-9-20-2/h3-5H,6-9H2,1-2H3. The predicted molar refractivity (Wildman–Crippen MR) is 79.4 cm³/mol. The van der Waals surface area contributed by atoms with Gasteiger partial charge in [0.1, 0.15) is 5.56 Å². The van der Waals surface area contributed by atoms with Gasteiger partial charge in [-0.25, -0.2) is 0 Å². The highest BCUT2D eigenvalue weighted by Crippen LogP contribution is 2.23. The Labute approximate surface area is 126 Å². The highest BCUT2D eigenvalue weighted by atomic mass is 79.9. The molecular weight excluding hydrogens is 328 g/mol. The summed E-state index contributed by atoms with van der Waals surface area (Å²) in [6.45, 7) is 2.95. The third-order valence-corrected chi connectivity index (χ3v) is 3.22. The number of nitro groups is 1. The molecule has 0 spiro atoms. The topological polar surface area (TPSA) is 72.7 Å². The Balaban J connectivity index is 3.13. The number of rotatable bonds is 7. The minimum absolute atomic E-state index is 0.148. The smallest absolute Gasteiger partial charge is 0.282 e. The normalized spacial score (nSPS) is 10.3. The average molecular weight is 345 g/mol. The highest BCUT2D eigenvalue weighted by Gasteiger charge is 2.26. The average Bonchev–Trinajstić information content (AvgIpc) is 2.42. The summed E-state index contributed by atoms with van der Waals surface area (Å²) in [6.07, 6.45) is 0. The van der Waals surface area contributed by atoms with Crippen molar-refractivity contribution in [1.29, 1.82) is 0 Å². The second-order valence-corrected chi connectivity index (χ2v) is 4.99. The minimum atomic E-state index is -0.525. The largest absolute Gasteiger partial charge is 0.383 e. The van der Waals surface area contributed by atoms with Crippen LogP contribution in [0.2, 0.25) is 0 Å². The van der Waals surface area contributed by atoms with E-state index in [1.807, 2.05) is 0 Å². The molecule has 0 aromatic heterocycles. The molecule has 0 aliphatic rings. The van der Waals surface area contributed by atoms with Crippen molar-refractivity contribution in [2.24, 2.45) is 0 Å². The van der Waals surface area contributed by atoms with Gasteiger partial charge in [0.05, 0.1) is 11.5 Å². The zero-order valence-electron chi connectivity index (χ0n) is 11.5. The summed E-state index contributed by atoms with van der Waals surface area (Å²) in [7, 11) is 1.55. The highest BCUT2D eigenvalue weighted by molar-refractivity contribution is 9.09. The summed E-state index contributed by atoms with van der Waals surface area (Å²) in [5.41, 5.74) is 0.586. The molecule has 0 atom stereocenters. The van der Waals surface area contributed by atoms with Crippen molar-refractivity contribution in [2.45, 2.75) is 6.92 Å². The molecule has 0 fully saturated rings. The summed E-state index contributed by atoms with van der Waals surface area (Å²) in [5, 5.41) is 11.7. The van der Waals surface area contributed by atoms with Crippen molar-refractivity contribution in [3.8, 4) is 0 Å². The summed E-state index contributed by atoms with van der Waals surface area (Å²) in [6, 6.07) is 4.62. The Hall–Kier alpha value is -1.47. The molecule has 6 nitrogen and oxygen atoms in total. The third-order valence-electron chi connectivity index (χ3n) is 2.87. The number of halogens is 1. The van der Waals surface area contributed by atoms with Gasteiger partial charge in [-0.2, -0.15) is 0 Å². The number of benzene rings is 1. The van der Waals surface area contributed by atoms with Gasteiger partial charge < -0.3 is 9.64 Å². The lowest BCUT2D eigenvalue weighted by atomic mass is 10.1. The molecule has 0 aliphatic carbocycles. The fraction of sp³-hybridized carbons (Fsp3) is 0.462. The van der Waals surface area contributed by atoms with Crippen LogP contribution in [0, 0.1) is 17.0 Å². The molecule has 20 heavy (non-hydrogen) atoms. The minimum Gasteiger partial charge on any atom is -0.383 e. The van der Waals surface area contributed by atoms with Crippen molar-refractivity contribution < 1.29 is 14.5 Å². The van der Waals surface area contributed by atoms with Crippen molar-refractivity contribution in [3.05, 3.63) is 39.4 Å². The molecular formula is C13H17BrN2O4. The van der Waals surface area contributed by atoms with Gasteiger partial charge in [0.15, 0.2) is 0 Å². The van der Waals surface area contributed by atoms with Crippen LogP contribution in [-0.4, -0.2) is 47.9 Å². The van der Waals surface area contributed by atoms with E-state index in [9.17, 15) is 14.9 Å². The number of methoxy groups -OCH3 is 1. The quantitative estimate of drug-likeness (QED) is 0.432. The molecule has 0 N–H and O–H groups in total. The molecule has 1 amide bonds. The number of amides is 1. The van der Waals surface area contributed by atoms with Crippen molar-refractivity contribution in [3.63, 3.8) is 0 Å². The molecule has 110 valence electrons. The number of nitro benzene ring substituents is 1. The van der Waals surface area contributed by atoms with Gasteiger partial charge in [-0.05, 0) is 12.5 Å². The maximum atomic E-state index is 12.5. The SMILES string of the molecule is COCCN(CCBr)C(=O)c1c(C)cccc1[N+](=O)[O-]. The zero-order valence-corrected chi connectivity index (χ0v) is 13.1. The van der Waals surface area contributed by atoms with Crippen molar-refractivity contribution in [1.82, 2.24) is 4.90 Å². The van der Waals surface area contributed by atoms with E-state index in [1.165, 1.54) is 6.07 Å². The molecule has 0 saturated heterocycles. The van der Waals surface area contributed by atoms with E-state index in [1.54, 1.807) is 31.1 Å². The maximum Gasteiger partial charge on any atom is 0.282 e. The van der Waals surface area contributed by atoms with Crippen molar-refractivity contribution in [2.75, 3.05) is 32.1 Å². The Morgan fingerprint density at radius 1 is 1.45 bits per heavy atom. The van der Waals surface area contributed by atoms with Crippen LogP contribution in [0.4, 0.5) is 5.69 Å². The van der Waals surface area contributed by atoms with Gasteiger partial charge >= 0.3 is 0 Å². The molecule has 7 heteroatoms. The fourth-order valence-electron chi connectivity index (χ4n) is 1.86. The van der Waals surface area contributed by atoms with Crippen LogP contribution in [0.15, 0.2) is 18.2 Å². The van der Waals surface area contributed by atoms with Gasteiger partial charge in [0.2, 0.25) is 0 Å². The predicted octanol–water partition coefficient (Wildman–Crippen LogP) is 2.39. The van der Waals surface area contributed by atoms with Gasteiger partial charge in [0, 0.05) is 31.6 Å². The fourth-order valence-corrected chi connectivity index (χ4v) is 2.29. The summed E-state index contributed by atoms with van der Waals surface area (Å²) in [4.78, 5) is 24.6. The van der Waals surface area contributed by atoms with Crippen LogP contribution < -0.4 is 0 Å². The van der Waals surface area contributed by atoms with Gasteiger partial charge in [-0.15, -0.1) is 0 Å². The summed E-state index contributed by atoms with van der Waals surface area (Å²) >= 11 is 3.28.